The van der Waals surface area contributed by atoms with Crippen LogP contribution in [0.25, 0.3) is 27.9 Å². The molecule has 0 radical (unpaired) electrons. The first-order chi connectivity index (χ1) is 17.1. The number of hydrogen-bond donors (Lipinski definition) is 1. The summed E-state index contributed by atoms with van der Waals surface area (Å²) in [5.41, 5.74) is 3.07. The quantitative estimate of drug-likeness (QED) is 0.285. The number of para-hydroxylation sites is 1. The van der Waals surface area contributed by atoms with Crippen molar-refractivity contribution in [3.63, 3.8) is 0 Å². The predicted molar refractivity (Wildman–Crippen MR) is 140 cm³/mol. The fraction of sp³-hybridized carbons (Fsp3) is 0.192. The Kier molecular flexibility index (Phi) is 5.70. The van der Waals surface area contributed by atoms with Gasteiger partial charge in [0.15, 0.2) is 11.4 Å². The fourth-order valence-corrected chi connectivity index (χ4v) is 5.11. The molecule has 0 atom stereocenters. The van der Waals surface area contributed by atoms with E-state index in [0.29, 0.717) is 29.5 Å². The molecule has 176 valence electrons. The molecule has 0 saturated carbocycles. The normalized spacial score (nSPS) is 14.6. The van der Waals surface area contributed by atoms with E-state index in [0.717, 1.165) is 45.4 Å². The van der Waals surface area contributed by atoms with Crippen LogP contribution in [0, 0.1) is 0 Å². The fourth-order valence-electron chi connectivity index (χ4n) is 4.52. The number of halogens is 2. The Balaban J connectivity index is 1.21. The van der Waals surface area contributed by atoms with Gasteiger partial charge in [-0.3, -0.25) is 4.79 Å². The molecule has 1 aliphatic rings. The van der Waals surface area contributed by atoms with Gasteiger partial charge in [0.05, 0.1) is 16.4 Å². The third-order valence-corrected chi connectivity index (χ3v) is 7.24. The number of nitrogens with zero attached hydrogens (tertiary/aromatic N) is 4. The summed E-state index contributed by atoms with van der Waals surface area (Å²) in [4.78, 5) is 19.6. The Hall–Kier alpha value is -3.36. The second-order valence-corrected chi connectivity index (χ2v) is 9.86. The summed E-state index contributed by atoms with van der Waals surface area (Å²) in [5, 5.41) is 9.68. The highest BCUT2D eigenvalue weighted by Gasteiger charge is 2.26. The van der Waals surface area contributed by atoms with Crippen molar-refractivity contribution in [3.05, 3.63) is 82.1 Å². The highest BCUT2D eigenvalue weighted by molar-refractivity contribution is 9.10. The monoisotopic (exact) mass is 549 g/mol. The molecule has 1 aliphatic heterocycles. The van der Waals surface area contributed by atoms with Crippen molar-refractivity contribution >= 4 is 55.9 Å². The second-order valence-electron chi connectivity index (χ2n) is 8.59. The Morgan fingerprint density at radius 3 is 2.66 bits per heavy atom. The van der Waals surface area contributed by atoms with Gasteiger partial charge in [0.2, 0.25) is 0 Å². The first-order valence-electron chi connectivity index (χ1n) is 11.4. The zero-order chi connectivity index (χ0) is 23.9. The zero-order valence-electron chi connectivity index (χ0n) is 18.6. The molecule has 7 nitrogen and oxygen atoms in total. The standard InChI is InChI=1S/C26H21BrClN5O2/c27-19-15-29-33-24(14-21(31-25(19)33)18-6-2-3-7-20(18)28)30-17-9-11-32(12-10-17)26(34)23-13-16-5-1-4-8-22(16)35-23/h1-8,13-15,17,30H,9-12H2. The van der Waals surface area contributed by atoms with Gasteiger partial charge in [0, 0.05) is 41.2 Å². The van der Waals surface area contributed by atoms with Crippen LogP contribution in [0.5, 0.6) is 0 Å². The molecular formula is C26H21BrClN5O2. The van der Waals surface area contributed by atoms with Crippen molar-refractivity contribution in [3.8, 4) is 11.3 Å². The Morgan fingerprint density at radius 1 is 1.09 bits per heavy atom. The number of likely N-dealkylation sites (tertiary alicyclic amines) is 1. The maximum absolute atomic E-state index is 13.0. The second kappa shape index (κ2) is 9.02. The number of anilines is 1. The Labute approximate surface area is 214 Å². The summed E-state index contributed by atoms with van der Waals surface area (Å²) in [5.74, 6) is 1.15. The summed E-state index contributed by atoms with van der Waals surface area (Å²) < 4.78 is 8.37. The molecule has 0 bridgehead atoms. The molecule has 0 aliphatic carbocycles. The van der Waals surface area contributed by atoms with Gasteiger partial charge in [-0.05, 0) is 47.0 Å². The van der Waals surface area contributed by atoms with Crippen LogP contribution in [0.4, 0.5) is 5.82 Å². The average Bonchev–Trinajstić information content (AvgIpc) is 3.48. The lowest BCUT2D eigenvalue weighted by molar-refractivity contribution is 0.0688. The number of carbonyl (C=O) groups excluding carboxylic acids is 1. The summed E-state index contributed by atoms with van der Waals surface area (Å²) >= 11 is 10.0. The molecular weight excluding hydrogens is 530 g/mol. The maximum atomic E-state index is 13.0. The number of fused-ring (bicyclic) bond motifs is 2. The van der Waals surface area contributed by atoms with Crippen LogP contribution < -0.4 is 5.32 Å². The number of furan rings is 1. The van der Waals surface area contributed by atoms with E-state index in [-0.39, 0.29) is 11.9 Å². The van der Waals surface area contributed by atoms with Gasteiger partial charge in [0.25, 0.3) is 5.91 Å². The Morgan fingerprint density at radius 2 is 1.86 bits per heavy atom. The predicted octanol–water partition coefficient (Wildman–Crippen LogP) is 6.28. The summed E-state index contributed by atoms with van der Waals surface area (Å²) in [6.07, 6.45) is 3.35. The topological polar surface area (TPSA) is 75.7 Å². The number of rotatable bonds is 4. The van der Waals surface area contributed by atoms with E-state index in [1.807, 2.05) is 65.6 Å². The highest BCUT2D eigenvalue weighted by atomic mass is 79.9. The number of carbonyl (C=O) groups is 1. The molecule has 5 aromatic rings. The van der Waals surface area contributed by atoms with E-state index in [1.54, 1.807) is 10.7 Å². The van der Waals surface area contributed by atoms with Gasteiger partial charge in [0.1, 0.15) is 11.4 Å². The van der Waals surface area contributed by atoms with Gasteiger partial charge in [-0.1, -0.05) is 48.0 Å². The van der Waals surface area contributed by atoms with Gasteiger partial charge >= 0.3 is 0 Å². The van der Waals surface area contributed by atoms with Gasteiger partial charge in [-0.25, -0.2) is 4.98 Å². The van der Waals surface area contributed by atoms with Crippen LogP contribution in [0.2, 0.25) is 5.02 Å². The van der Waals surface area contributed by atoms with E-state index < -0.39 is 0 Å². The van der Waals surface area contributed by atoms with Crippen molar-refractivity contribution in [2.75, 3.05) is 18.4 Å². The maximum Gasteiger partial charge on any atom is 0.289 e. The lowest BCUT2D eigenvalue weighted by Gasteiger charge is -2.32. The molecule has 9 heteroatoms. The smallest absolute Gasteiger partial charge is 0.289 e. The van der Waals surface area contributed by atoms with Crippen LogP contribution >= 0.6 is 27.5 Å². The third-order valence-electron chi connectivity index (χ3n) is 6.35. The van der Waals surface area contributed by atoms with Crippen molar-refractivity contribution in [2.45, 2.75) is 18.9 Å². The van der Waals surface area contributed by atoms with Crippen LogP contribution in [-0.2, 0) is 0 Å². The molecule has 0 spiro atoms. The first kappa shape index (κ1) is 22.1. The van der Waals surface area contributed by atoms with Crippen LogP contribution in [0.1, 0.15) is 23.4 Å². The highest BCUT2D eigenvalue weighted by Crippen LogP contribution is 2.31. The summed E-state index contributed by atoms with van der Waals surface area (Å²) in [6.45, 7) is 1.28. The minimum absolute atomic E-state index is 0.0667. The van der Waals surface area contributed by atoms with E-state index in [1.165, 1.54) is 0 Å². The minimum atomic E-state index is -0.0667. The molecule has 1 amide bonds. The Bertz CT molecular complexity index is 1520. The molecule has 1 fully saturated rings. The SMILES string of the molecule is O=C(c1cc2ccccc2o1)N1CCC(Nc2cc(-c3ccccc3Cl)nc3c(Br)cnn23)CC1. The minimum Gasteiger partial charge on any atom is -0.451 e. The number of nitrogens with one attached hydrogen (secondary N) is 1. The van der Waals surface area contributed by atoms with Crippen molar-refractivity contribution in [1.29, 1.82) is 0 Å². The number of aromatic nitrogens is 3. The number of benzene rings is 2. The van der Waals surface area contributed by atoms with Gasteiger partial charge in [-0.15, -0.1) is 0 Å². The summed E-state index contributed by atoms with van der Waals surface area (Å²) in [6, 6.07) is 19.3. The molecule has 3 aromatic heterocycles. The van der Waals surface area contributed by atoms with Gasteiger partial charge < -0.3 is 14.6 Å². The van der Waals surface area contributed by atoms with E-state index in [4.69, 9.17) is 21.0 Å². The zero-order valence-corrected chi connectivity index (χ0v) is 21.0. The molecule has 35 heavy (non-hydrogen) atoms. The van der Waals surface area contributed by atoms with E-state index in [9.17, 15) is 4.79 Å². The third kappa shape index (κ3) is 4.17. The van der Waals surface area contributed by atoms with Gasteiger partial charge in [-0.2, -0.15) is 9.61 Å². The summed E-state index contributed by atoms with van der Waals surface area (Å²) in [7, 11) is 0. The largest absolute Gasteiger partial charge is 0.451 e. The number of piperidine rings is 1. The average molecular weight is 551 g/mol. The lowest BCUT2D eigenvalue weighted by atomic mass is 10.0. The number of hydrogen-bond acceptors (Lipinski definition) is 5. The van der Waals surface area contributed by atoms with E-state index in [2.05, 4.69) is 26.3 Å². The van der Waals surface area contributed by atoms with E-state index >= 15 is 0 Å². The lowest BCUT2D eigenvalue weighted by Crippen LogP contribution is -2.42. The molecule has 6 rings (SSSR count). The van der Waals surface area contributed by atoms with Crippen LogP contribution in [0.15, 0.2) is 75.8 Å². The van der Waals surface area contributed by atoms with Crippen molar-refractivity contribution < 1.29 is 9.21 Å². The molecule has 1 saturated heterocycles. The molecule has 4 heterocycles. The van der Waals surface area contributed by atoms with Crippen LogP contribution in [0.3, 0.4) is 0 Å². The number of amides is 1. The molecule has 0 unspecified atom stereocenters. The van der Waals surface area contributed by atoms with Crippen molar-refractivity contribution in [1.82, 2.24) is 19.5 Å². The molecule has 1 N–H and O–H groups in total. The van der Waals surface area contributed by atoms with Crippen molar-refractivity contribution in [2.24, 2.45) is 0 Å². The first-order valence-corrected chi connectivity index (χ1v) is 12.6. The van der Waals surface area contributed by atoms with Crippen LogP contribution in [-0.4, -0.2) is 44.5 Å². The molecule has 2 aromatic carbocycles.